The minimum atomic E-state index is -0.0591. The van der Waals surface area contributed by atoms with Gasteiger partial charge in [0, 0.05) is 5.54 Å². The second kappa shape index (κ2) is 4.21. The quantitative estimate of drug-likeness (QED) is 0.866. The van der Waals surface area contributed by atoms with Crippen LogP contribution in [0.4, 0.5) is 0 Å². The zero-order valence-corrected chi connectivity index (χ0v) is 10.5. The van der Waals surface area contributed by atoms with Gasteiger partial charge in [0.2, 0.25) is 0 Å². The molecule has 1 heterocycles. The predicted octanol–water partition coefficient (Wildman–Crippen LogP) is 1.96. The summed E-state index contributed by atoms with van der Waals surface area (Å²) >= 11 is 0. The summed E-state index contributed by atoms with van der Waals surface area (Å²) in [6.07, 6.45) is 3.68. The smallest absolute Gasteiger partial charge is 0.258 e. The number of nitrogens with zero attached hydrogens (tertiary/aromatic N) is 1. The molecule has 1 saturated carbocycles. The molecule has 2 N–H and O–H groups in total. The maximum Gasteiger partial charge on any atom is 0.258 e. The van der Waals surface area contributed by atoms with Crippen molar-refractivity contribution in [3.05, 3.63) is 40.4 Å². The largest absolute Gasteiger partial charge is 0.309 e. The minimum Gasteiger partial charge on any atom is -0.309 e. The van der Waals surface area contributed by atoms with Crippen LogP contribution in [0.2, 0.25) is 0 Å². The molecular weight excluding hydrogens is 226 g/mol. The van der Waals surface area contributed by atoms with Gasteiger partial charge in [-0.1, -0.05) is 12.1 Å². The molecule has 4 nitrogen and oxygen atoms in total. The van der Waals surface area contributed by atoms with Gasteiger partial charge in [-0.2, -0.15) is 0 Å². The van der Waals surface area contributed by atoms with Crippen molar-refractivity contribution in [2.24, 2.45) is 0 Å². The highest BCUT2D eigenvalue weighted by atomic mass is 16.1. The Balaban J connectivity index is 1.86. The van der Waals surface area contributed by atoms with Crippen LogP contribution in [0.3, 0.4) is 0 Å². The van der Waals surface area contributed by atoms with Crippen LogP contribution in [0.5, 0.6) is 0 Å². The second-order valence-electron chi connectivity index (χ2n) is 5.30. The summed E-state index contributed by atoms with van der Waals surface area (Å²) in [5.74, 6) is 0.715. The number of nitrogens with one attached hydrogen (secondary N) is 2. The molecule has 0 atom stereocenters. The van der Waals surface area contributed by atoms with E-state index in [1.165, 1.54) is 19.3 Å². The van der Waals surface area contributed by atoms with Gasteiger partial charge in [0.05, 0.1) is 17.4 Å². The molecular formula is C14H17N3O. The first kappa shape index (κ1) is 11.4. The van der Waals surface area contributed by atoms with Crippen molar-refractivity contribution >= 4 is 10.9 Å². The number of rotatable bonds is 3. The molecule has 0 amide bonds. The fraction of sp³-hybridized carbons (Fsp3) is 0.429. The Morgan fingerprint density at radius 3 is 2.89 bits per heavy atom. The molecule has 1 aliphatic rings. The Kier molecular flexibility index (Phi) is 2.67. The lowest BCUT2D eigenvalue weighted by molar-refractivity contribution is 0.205. The van der Waals surface area contributed by atoms with Crippen LogP contribution in [0.1, 0.15) is 32.0 Å². The minimum absolute atomic E-state index is 0.0591. The van der Waals surface area contributed by atoms with Crippen molar-refractivity contribution in [3.8, 4) is 0 Å². The Hall–Kier alpha value is -1.68. The van der Waals surface area contributed by atoms with Crippen molar-refractivity contribution in [1.29, 1.82) is 0 Å². The summed E-state index contributed by atoms with van der Waals surface area (Å²) in [4.78, 5) is 19.2. The molecule has 0 saturated heterocycles. The van der Waals surface area contributed by atoms with Crippen LogP contribution >= 0.6 is 0 Å². The van der Waals surface area contributed by atoms with E-state index in [0.717, 1.165) is 5.52 Å². The van der Waals surface area contributed by atoms with E-state index in [2.05, 4.69) is 22.2 Å². The van der Waals surface area contributed by atoms with Gasteiger partial charge in [0.1, 0.15) is 5.82 Å². The summed E-state index contributed by atoms with van der Waals surface area (Å²) in [6.45, 7) is 2.84. The lowest BCUT2D eigenvalue weighted by Crippen LogP contribution is -2.47. The van der Waals surface area contributed by atoms with E-state index < -0.39 is 0 Å². The van der Waals surface area contributed by atoms with Gasteiger partial charge in [0.25, 0.3) is 5.56 Å². The first-order chi connectivity index (χ1) is 8.66. The number of H-pyrrole nitrogens is 1. The van der Waals surface area contributed by atoms with Crippen LogP contribution in [-0.4, -0.2) is 15.5 Å². The fourth-order valence-electron chi connectivity index (χ4n) is 2.40. The second-order valence-corrected chi connectivity index (χ2v) is 5.30. The summed E-state index contributed by atoms with van der Waals surface area (Å²) in [6, 6.07) is 7.43. The number of fused-ring (bicyclic) bond motifs is 1. The van der Waals surface area contributed by atoms with Gasteiger partial charge in [0.15, 0.2) is 0 Å². The molecule has 0 spiro atoms. The highest BCUT2D eigenvalue weighted by Gasteiger charge is 2.30. The van der Waals surface area contributed by atoms with E-state index in [9.17, 15) is 4.79 Å². The van der Waals surface area contributed by atoms with Crippen LogP contribution in [0.25, 0.3) is 10.9 Å². The van der Waals surface area contributed by atoms with Crippen molar-refractivity contribution < 1.29 is 0 Å². The molecule has 18 heavy (non-hydrogen) atoms. The lowest BCUT2D eigenvalue weighted by atomic mass is 9.78. The van der Waals surface area contributed by atoms with E-state index in [-0.39, 0.29) is 11.1 Å². The number of para-hydroxylation sites is 1. The normalized spacial score (nSPS) is 17.6. The molecule has 1 aliphatic carbocycles. The van der Waals surface area contributed by atoms with Gasteiger partial charge >= 0.3 is 0 Å². The third-order valence-electron chi connectivity index (χ3n) is 3.80. The van der Waals surface area contributed by atoms with Crippen LogP contribution in [0, 0.1) is 0 Å². The maximum absolute atomic E-state index is 11.9. The fourth-order valence-corrected chi connectivity index (χ4v) is 2.40. The molecule has 4 heteroatoms. The molecule has 1 fully saturated rings. The van der Waals surface area contributed by atoms with E-state index >= 15 is 0 Å². The van der Waals surface area contributed by atoms with Gasteiger partial charge < -0.3 is 10.3 Å². The van der Waals surface area contributed by atoms with Crippen molar-refractivity contribution in [2.45, 2.75) is 38.3 Å². The highest BCUT2D eigenvalue weighted by Crippen LogP contribution is 2.30. The van der Waals surface area contributed by atoms with E-state index in [1.54, 1.807) is 6.07 Å². The van der Waals surface area contributed by atoms with Crippen LogP contribution in [-0.2, 0) is 6.54 Å². The third kappa shape index (κ3) is 2.04. The average Bonchev–Trinajstić information content (AvgIpc) is 2.34. The number of benzene rings is 1. The topological polar surface area (TPSA) is 57.8 Å². The van der Waals surface area contributed by atoms with Crippen molar-refractivity contribution in [1.82, 2.24) is 15.3 Å². The Labute approximate surface area is 105 Å². The summed E-state index contributed by atoms with van der Waals surface area (Å²) in [7, 11) is 0. The van der Waals surface area contributed by atoms with Crippen LogP contribution < -0.4 is 10.9 Å². The molecule has 1 aromatic heterocycles. The molecule has 0 radical (unpaired) electrons. The lowest BCUT2D eigenvalue weighted by Gasteiger charge is -2.39. The molecule has 0 bridgehead atoms. The summed E-state index contributed by atoms with van der Waals surface area (Å²) in [5, 5.41) is 4.12. The standard InChI is InChI=1S/C14H17N3O/c1-14(7-4-8-14)15-9-12-16-11-6-3-2-5-10(11)13(18)17-12/h2-3,5-6,15H,4,7-9H2,1H3,(H,16,17,18). The van der Waals surface area contributed by atoms with Crippen molar-refractivity contribution in [3.63, 3.8) is 0 Å². The maximum atomic E-state index is 11.9. The zero-order chi connectivity index (χ0) is 12.6. The molecule has 0 unspecified atom stereocenters. The van der Waals surface area contributed by atoms with Gasteiger partial charge in [-0.25, -0.2) is 4.98 Å². The summed E-state index contributed by atoms with van der Waals surface area (Å²) in [5.41, 5.74) is 0.928. The Morgan fingerprint density at radius 1 is 1.39 bits per heavy atom. The molecule has 94 valence electrons. The summed E-state index contributed by atoms with van der Waals surface area (Å²) < 4.78 is 0. The number of hydrogen-bond donors (Lipinski definition) is 2. The average molecular weight is 243 g/mol. The number of aromatic nitrogens is 2. The van der Waals surface area contributed by atoms with E-state index in [4.69, 9.17) is 0 Å². The highest BCUT2D eigenvalue weighted by molar-refractivity contribution is 5.77. The Morgan fingerprint density at radius 2 is 2.17 bits per heavy atom. The Bertz CT molecular complexity index is 628. The SMILES string of the molecule is CC1(NCc2nc3ccccc3c(=O)[nH]2)CCC1. The third-order valence-corrected chi connectivity index (χ3v) is 3.80. The number of hydrogen-bond acceptors (Lipinski definition) is 3. The molecule has 0 aliphatic heterocycles. The van der Waals surface area contributed by atoms with E-state index in [0.29, 0.717) is 17.8 Å². The van der Waals surface area contributed by atoms with Gasteiger partial charge in [-0.05, 0) is 38.3 Å². The molecule has 2 aromatic rings. The van der Waals surface area contributed by atoms with Gasteiger partial charge in [-0.15, -0.1) is 0 Å². The first-order valence-electron chi connectivity index (χ1n) is 6.39. The molecule has 3 rings (SSSR count). The predicted molar refractivity (Wildman–Crippen MR) is 71.5 cm³/mol. The van der Waals surface area contributed by atoms with Gasteiger partial charge in [-0.3, -0.25) is 4.79 Å². The number of aromatic amines is 1. The monoisotopic (exact) mass is 243 g/mol. The molecule has 1 aromatic carbocycles. The zero-order valence-electron chi connectivity index (χ0n) is 10.5. The first-order valence-corrected chi connectivity index (χ1v) is 6.39. The van der Waals surface area contributed by atoms with Crippen molar-refractivity contribution in [2.75, 3.05) is 0 Å². The van der Waals surface area contributed by atoms with Crippen LogP contribution in [0.15, 0.2) is 29.1 Å². The van der Waals surface area contributed by atoms with E-state index in [1.807, 2.05) is 18.2 Å².